The molecular formula is C21H42O2. The number of hydrogen-bond donors (Lipinski definition) is 0. The van der Waals surface area contributed by atoms with E-state index in [1.165, 1.54) is 89.9 Å². The zero-order chi connectivity index (χ0) is 17.0. The molecule has 0 bridgehead atoms. The second-order valence-corrected chi connectivity index (χ2v) is 6.92. The summed E-state index contributed by atoms with van der Waals surface area (Å²) in [5, 5.41) is 0. The van der Waals surface area contributed by atoms with Gasteiger partial charge in [0.15, 0.2) is 0 Å². The summed E-state index contributed by atoms with van der Waals surface area (Å²) in [6.45, 7) is 5.09. The molecule has 0 unspecified atom stereocenters. The molecule has 0 atom stereocenters. The van der Waals surface area contributed by atoms with Crippen LogP contribution in [-0.4, -0.2) is 12.6 Å². The van der Waals surface area contributed by atoms with Crippen LogP contribution in [-0.2, 0) is 9.53 Å². The first-order chi connectivity index (χ1) is 11.3. The summed E-state index contributed by atoms with van der Waals surface area (Å²) in [6, 6.07) is 0. The van der Waals surface area contributed by atoms with E-state index in [2.05, 4.69) is 13.8 Å². The molecule has 2 nitrogen and oxygen atoms in total. The summed E-state index contributed by atoms with van der Waals surface area (Å²) in [6.07, 6.45) is 21.3. The van der Waals surface area contributed by atoms with Gasteiger partial charge < -0.3 is 4.74 Å². The molecule has 0 aromatic carbocycles. The van der Waals surface area contributed by atoms with Crippen molar-refractivity contribution in [1.82, 2.24) is 0 Å². The van der Waals surface area contributed by atoms with Gasteiger partial charge in [-0.2, -0.15) is 0 Å². The number of carbonyl (C=O) groups is 1. The van der Waals surface area contributed by atoms with E-state index >= 15 is 0 Å². The molecule has 0 radical (unpaired) electrons. The van der Waals surface area contributed by atoms with Gasteiger partial charge in [0.25, 0.3) is 0 Å². The SMILES string of the molecule is CCCCCCCCCCCCCCC(=O)OCCCCCC. The van der Waals surface area contributed by atoms with Crippen molar-refractivity contribution in [1.29, 1.82) is 0 Å². The summed E-state index contributed by atoms with van der Waals surface area (Å²) in [7, 11) is 0. The zero-order valence-electron chi connectivity index (χ0n) is 16.0. The van der Waals surface area contributed by atoms with Crippen LogP contribution in [0.1, 0.15) is 123 Å². The van der Waals surface area contributed by atoms with Crippen molar-refractivity contribution < 1.29 is 9.53 Å². The second kappa shape index (κ2) is 19.5. The predicted molar refractivity (Wildman–Crippen MR) is 101 cm³/mol. The molecule has 0 amide bonds. The minimum Gasteiger partial charge on any atom is -0.466 e. The molecule has 0 saturated carbocycles. The van der Waals surface area contributed by atoms with E-state index in [4.69, 9.17) is 4.74 Å². The Balaban J connectivity index is 3.10. The zero-order valence-corrected chi connectivity index (χ0v) is 16.0. The fraction of sp³-hybridized carbons (Fsp3) is 0.952. The van der Waals surface area contributed by atoms with Gasteiger partial charge in [0.1, 0.15) is 0 Å². The monoisotopic (exact) mass is 326 g/mol. The Labute approximate surface area is 145 Å². The highest BCUT2D eigenvalue weighted by Crippen LogP contribution is 2.12. The van der Waals surface area contributed by atoms with Crippen LogP contribution in [0.2, 0.25) is 0 Å². The van der Waals surface area contributed by atoms with E-state index in [0.717, 1.165) is 12.8 Å². The van der Waals surface area contributed by atoms with Crippen LogP contribution >= 0.6 is 0 Å². The lowest BCUT2D eigenvalue weighted by atomic mass is 10.0. The van der Waals surface area contributed by atoms with E-state index < -0.39 is 0 Å². The number of carbonyl (C=O) groups excluding carboxylic acids is 1. The molecule has 0 aliphatic heterocycles. The molecular weight excluding hydrogens is 284 g/mol. The van der Waals surface area contributed by atoms with Gasteiger partial charge in [-0.3, -0.25) is 4.79 Å². The van der Waals surface area contributed by atoms with Crippen LogP contribution in [0.25, 0.3) is 0 Å². The summed E-state index contributed by atoms with van der Waals surface area (Å²) >= 11 is 0. The topological polar surface area (TPSA) is 26.3 Å². The molecule has 0 aliphatic rings. The van der Waals surface area contributed by atoms with Gasteiger partial charge in [-0.15, -0.1) is 0 Å². The quantitative estimate of drug-likeness (QED) is 0.196. The minimum absolute atomic E-state index is 0.00794. The van der Waals surface area contributed by atoms with Crippen molar-refractivity contribution in [3.05, 3.63) is 0 Å². The Morgan fingerprint density at radius 2 is 0.957 bits per heavy atom. The van der Waals surface area contributed by atoms with E-state index in [-0.39, 0.29) is 5.97 Å². The fourth-order valence-electron chi connectivity index (χ4n) is 2.90. The van der Waals surface area contributed by atoms with Gasteiger partial charge in [-0.05, 0) is 12.8 Å². The maximum Gasteiger partial charge on any atom is 0.305 e. The first-order valence-corrected chi connectivity index (χ1v) is 10.5. The summed E-state index contributed by atoms with van der Waals surface area (Å²) in [4.78, 5) is 11.5. The summed E-state index contributed by atoms with van der Waals surface area (Å²) in [5.41, 5.74) is 0. The molecule has 0 spiro atoms. The number of hydrogen-bond acceptors (Lipinski definition) is 2. The Morgan fingerprint density at radius 3 is 1.43 bits per heavy atom. The number of esters is 1. The summed E-state index contributed by atoms with van der Waals surface area (Å²) in [5.74, 6) is 0.00794. The highest BCUT2D eigenvalue weighted by atomic mass is 16.5. The van der Waals surface area contributed by atoms with E-state index in [0.29, 0.717) is 13.0 Å². The van der Waals surface area contributed by atoms with Gasteiger partial charge in [0, 0.05) is 6.42 Å². The van der Waals surface area contributed by atoms with Gasteiger partial charge in [0.05, 0.1) is 6.61 Å². The lowest BCUT2D eigenvalue weighted by molar-refractivity contribution is -0.143. The van der Waals surface area contributed by atoms with E-state index in [1.54, 1.807) is 0 Å². The largest absolute Gasteiger partial charge is 0.466 e. The first kappa shape index (κ1) is 22.5. The van der Waals surface area contributed by atoms with Crippen molar-refractivity contribution in [3.8, 4) is 0 Å². The Morgan fingerprint density at radius 1 is 0.565 bits per heavy atom. The molecule has 0 aliphatic carbocycles. The average molecular weight is 327 g/mol. The Bertz CT molecular complexity index is 238. The third kappa shape index (κ3) is 19.4. The molecule has 2 heteroatoms. The first-order valence-electron chi connectivity index (χ1n) is 10.5. The molecule has 0 rings (SSSR count). The smallest absolute Gasteiger partial charge is 0.305 e. The van der Waals surface area contributed by atoms with Crippen LogP contribution in [0.5, 0.6) is 0 Å². The number of ether oxygens (including phenoxy) is 1. The molecule has 138 valence electrons. The highest BCUT2D eigenvalue weighted by Gasteiger charge is 2.02. The lowest BCUT2D eigenvalue weighted by Crippen LogP contribution is -2.05. The van der Waals surface area contributed by atoms with Crippen LogP contribution in [0, 0.1) is 0 Å². The van der Waals surface area contributed by atoms with Crippen LogP contribution in [0.15, 0.2) is 0 Å². The van der Waals surface area contributed by atoms with Crippen LogP contribution in [0.3, 0.4) is 0 Å². The molecule has 0 aromatic rings. The molecule has 0 aromatic heterocycles. The predicted octanol–water partition coefficient (Wildman–Crippen LogP) is 7.20. The molecule has 23 heavy (non-hydrogen) atoms. The summed E-state index contributed by atoms with van der Waals surface area (Å²) < 4.78 is 5.25. The van der Waals surface area contributed by atoms with Crippen molar-refractivity contribution in [3.63, 3.8) is 0 Å². The normalized spacial score (nSPS) is 10.9. The molecule has 0 N–H and O–H groups in total. The fourth-order valence-corrected chi connectivity index (χ4v) is 2.90. The van der Waals surface area contributed by atoms with E-state index in [9.17, 15) is 4.79 Å². The van der Waals surface area contributed by atoms with Crippen molar-refractivity contribution in [2.75, 3.05) is 6.61 Å². The van der Waals surface area contributed by atoms with E-state index in [1.807, 2.05) is 0 Å². The van der Waals surface area contributed by atoms with Gasteiger partial charge in [-0.25, -0.2) is 0 Å². The Kier molecular flexibility index (Phi) is 19.1. The third-order valence-electron chi connectivity index (χ3n) is 4.50. The molecule has 0 fully saturated rings. The van der Waals surface area contributed by atoms with Crippen LogP contribution in [0.4, 0.5) is 0 Å². The Hall–Kier alpha value is -0.530. The van der Waals surface area contributed by atoms with Gasteiger partial charge >= 0.3 is 5.97 Å². The van der Waals surface area contributed by atoms with Crippen LogP contribution < -0.4 is 0 Å². The average Bonchev–Trinajstić information content (AvgIpc) is 2.55. The number of unbranched alkanes of at least 4 members (excludes halogenated alkanes) is 14. The standard InChI is InChI=1S/C21H42O2/c1-3-5-7-9-10-11-12-13-14-15-16-17-19-21(22)23-20-18-8-6-4-2/h3-20H2,1-2H3. The third-order valence-corrected chi connectivity index (χ3v) is 4.50. The van der Waals surface area contributed by atoms with Crippen molar-refractivity contribution in [2.24, 2.45) is 0 Å². The molecule has 0 heterocycles. The van der Waals surface area contributed by atoms with Crippen molar-refractivity contribution in [2.45, 2.75) is 123 Å². The lowest BCUT2D eigenvalue weighted by Gasteiger charge is -2.05. The highest BCUT2D eigenvalue weighted by molar-refractivity contribution is 5.69. The molecule has 0 saturated heterocycles. The van der Waals surface area contributed by atoms with Gasteiger partial charge in [0.2, 0.25) is 0 Å². The maximum atomic E-state index is 11.5. The number of rotatable bonds is 18. The van der Waals surface area contributed by atoms with Gasteiger partial charge in [-0.1, -0.05) is 104 Å². The maximum absolute atomic E-state index is 11.5. The van der Waals surface area contributed by atoms with Crippen molar-refractivity contribution >= 4 is 5.97 Å². The second-order valence-electron chi connectivity index (χ2n) is 6.92. The minimum atomic E-state index is 0.00794.